The van der Waals surface area contributed by atoms with Gasteiger partial charge in [-0.3, -0.25) is 4.79 Å². The van der Waals surface area contributed by atoms with Crippen LogP contribution < -0.4 is 5.32 Å². The summed E-state index contributed by atoms with van der Waals surface area (Å²) in [5.74, 6) is 0.209. The molecule has 3 saturated heterocycles. The van der Waals surface area contributed by atoms with E-state index >= 15 is 4.39 Å². The van der Waals surface area contributed by atoms with E-state index in [1.165, 1.54) is 11.5 Å². The summed E-state index contributed by atoms with van der Waals surface area (Å²) in [4.78, 5) is 20.9. The van der Waals surface area contributed by atoms with Crippen LogP contribution in [0.4, 0.5) is 4.39 Å². The number of amides is 1. The Morgan fingerprint density at radius 1 is 1.22 bits per heavy atom. The highest BCUT2D eigenvalue weighted by Crippen LogP contribution is 2.51. The molecule has 2 bridgehead atoms. The first-order valence-electron chi connectivity index (χ1n) is 17.3. The molecule has 1 amide bonds. The SMILES string of the molecule is Cc1nc2c(F)c(-c3cccc(Cl)c3Cl)c(CCC#N)cc2c2c1cc(C1CC(OCc3cnsc3)CN1C(=O)C1CC1)n2C1C2CNC1C2. The maximum atomic E-state index is 17.1. The van der Waals surface area contributed by atoms with Crippen molar-refractivity contribution in [1.29, 1.82) is 5.26 Å². The lowest BCUT2D eigenvalue weighted by Crippen LogP contribution is -2.41. The fourth-order valence-corrected chi connectivity index (χ4v) is 9.53. The minimum atomic E-state index is -0.476. The Labute approximate surface area is 303 Å². The largest absolute Gasteiger partial charge is 0.372 e. The maximum absolute atomic E-state index is 17.1. The highest BCUT2D eigenvalue weighted by Gasteiger charge is 2.51. The molecule has 3 aliphatic heterocycles. The molecule has 8 nitrogen and oxygen atoms in total. The number of pyridine rings is 1. The second-order valence-electron chi connectivity index (χ2n) is 14.3. The molecule has 10 rings (SSSR count). The van der Waals surface area contributed by atoms with Gasteiger partial charge in [-0.05, 0) is 73.8 Å². The Balaban J connectivity index is 1.25. The fourth-order valence-electron chi connectivity index (χ4n) is 8.62. The summed E-state index contributed by atoms with van der Waals surface area (Å²) in [6.45, 7) is 3.84. The summed E-state index contributed by atoms with van der Waals surface area (Å²) >= 11 is 14.5. The Morgan fingerprint density at radius 3 is 2.80 bits per heavy atom. The predicted octanol–water partition coefficient (Wildman–Crippen LogP) is 8.33. The van der Waals surface area contributed by atoms with Crippen LogP contribution in [0.1, 0.15) is 66.7 Å². The number of halogens is 3. The number of nitrogens with zero attached hydrogens (tertiary/aromatic N) is 5. The quantitative estimate of drug-likeness (QED) is 0.164. The Hall–Kier alpha value is -3.59. The van der Waals surface area contributed by atoms with E-state index in [1.54, 1.807) is 18.2 Å². The highest BCUT2D eigenvalue weighted by molar-refractivity contribution is 7.03. The van der Waals surface area contributed by atoms with E-state index in [1.807, 2.05) is 24.6 Å². The molecule has 5 atom stereocenters. The number of carbonyl (C=O) groups is 1. The van der Waals surface area contributed by atoms with Crippen molar-refractivity contribution in [3.63, 3.8) is 0 Å². The van der Waals surface area contributed by atoms with Gasteiger partial charge >= 0.3 is 0 Å². The molecule has 5 fully saturated rings. The molecule has 0 spiro atoms. The Morgan fingerprint density at radius 2 is 2.08 bits per heavy atom. The highest BCUT2D eigenvalue weighted by atomic mass is 35.5. The van der Waals surface area contributed by atoms with Crippen molar-refractivity contribution >= 4 is 62.4 Å². The molecular formula is C38H35Cl2FN6O2S. The van der Waals surface area contributed by atoms with Crippen LogP contribution in [0.15, 0.2) is 41.9 Å². The third-order valence-electron chi connectivity index (χ3n) is 11.2. The molecule has 6 heterocycles. The van der Waals surface area contributed by atoms with Gasteiger partial charge in [0, 0.05) is 88.3 Å². The van der Waals surface area contributed by atoms with Crippen molar-refractivity contribution in [3.05, 3.63) is 80.3 Å². The number of carbonyl (C=O) groups excluding carboxylic acids is 1. The number of aromatic nitrogens is 3. The van der Waals surface area contributed by atoms with Gasteiger partial charge < -0.3 is 19.5 Å². The summed E-state index contributed by atoms with van der Waals surface area (Å²) in [6, 6.07) is 11.9. The summed E-state index contributed by atoms with van der Waals surface area (Å²) in [5.41, 5.74) is 5.48. The molecule has 2 aromatic carbocycles. The number of benzene rings is 2. The summed E-state index contributed by atoms with van der Waals surface area (Å²) in [5, 5.41) is 17.5. The Kier molecular flexibility index (Phi) is 8.13. The molecule has 0 radical (unpaired) electrons. The van der Waals surface area contributed by atoms with Crippen molar-refractivity contribution in [1.82, 2.24) is 24.1 Å². The molecule has 3 aromatic heterocycles. The fraction of sp³-hybridized carbons (Fsp3) is 0.421. The van der Waals surface area contributed by atoms with Gasteiger partial charge in [0.15, 0.2) is 5.82 Å². The third-order valence-corrected chi connectivity index (χ3v) is 12.7. The first-order chi connectivity index (χ1) is 24.3. The van der Waals surface area contributed by atoms with Crippen LogP contribution in [-0.4, -0.2) is 50.0 Å². The molecule has 50 heavy (non-hydrogen) atoms. The lowest BCUT2D eigenvalue weighted by Gasteiger charge is -2.39. The van der Waals surface area contributed by atoms with E-state index < -0.39 is 5.82 Å². The Bertz CT molecular complexity index is 2200. The van der Waals surface area contributed by atoms with Gasteiger partial charge in [-0.1, -0.05) is 35.3 Å². The monoisotopic (exact) mass is 728 g/mol. The number of hydrogen-bond acceptors (Lipinski definition) is 7. The summed E-state index contributed by atoms with van der Waals surface area (Å²) in [7, 11) is 0. The topological polar surface area (TPSA) is 96.1 Å². The molecule has 5 aromatic rings. The van der Waals surface area contributed by atoms with Crippen molar-refractivity contribution in [3.8, 4) is 17.2 Å². The van der Waals surface area contributed by atoms with Gasteiger partial charge in [-0.25, -0.2) is 13.7 Å². The van der Waals surface area contributed by atoms with E-state index in [2.05, 4.69) is 31.3 Å². The van der Waals surface area contributed by atoms with E-state index in [4.69, 9.17) is 32.9 Å². The molecule has 2 saturated carbocycles. The molecule has 5 unspecified atom stereocenters. The van der Waals surface area contributed by atoms with E-state index in [-0.39, 0.29) is 53.0 Å². The van der Waals surface area contributed by atoms with E-state index in [0.29, 0.717) is 59.0 Å². The van der Waals surface area contributed by atoms with Crippen molar-refractivity contribution in [2.24, 2.45) is 11.8 Å². The second kappa shape index (κ2) is 12.6. The normalized spacial score (nSPS) is 24.3. The number of aryl methyl sites for hydroxylation is 2. The van der Waals surface area contributed by atoms with Crippen LogP contribution in [0, 0.1) is 35.9 Å². The van der Waals surface area contributed by atoms with Crippen molar-refractivity contribution < 1.29 is 13.9 Å². The van der Waals surface area contributed by atoms with Crippen LogP contribution in [0.2, 0.25) is 10.0 Å². The van der Waals surface area contributed by atoms with E-state index in [9.17, 15) is 10.1 Å². The lowest BCUT2D eigenvalue weighted by molar-refractivity contribution is -0.134. The molecule has 256 valence electrons. The zero-order valence-corrected chi connectivity index (χ0v) is 29.8. The molecule has 1 N–H and O–H groups in total. The molecule has 5 aliphatic rings. The number of nitrogens with one attached hydrogen (secondary N) is 1. The second-order valence-corrected chi connectivity index (χ2v) is 15.7. The lowest BCUT2D eigenvalue weighted by atomic mass is 9.79. The van der Waals surface area contributed by atoms with Gasteiger partial charge in [0.25, 0.3) is 0 Å². The van der Waals surface area contributed by atoms with Crippen LogP contribution in [0.5, 0.6) is 0 Å². The van der Waals surface area contributed by atoms with Crippen LogP contribution in [0.25, 0.3) is 32.9 Å². The van der Waals surface area contributed by atoms with Gasteiger partial charge in [0.2, 0.25) is 5.91 Å². The minimum Gasteiger partial charge on any atom is -0.372 e. The zero-order valence-electron chi connectivity index (χ0n) is 27.5. The standard InChI is InChI=1S/C38H35Cl2FN6O2S/c1-19-26-13-31(30-12-24(49-17-20-14-44-50-18-20)16-46(30)38(48)21-7-8-21)47(36-23-11-29(36)43-15-23)37(26)27-10-22(4-3-9-42)32(34(41)35(27)45-19)25-5-2-6-28(39)33(25)40/h2,5-6,10,13-14,18,21,23-24,29-30,36,43H,3-4,7-8,11-12,15-17H2,1H3. The van der Waals surface area contributed by atoms with Gasteiger partial charge in [-0.2, -0.15) is 5.26 Å². The van der Waals surface area contributed by atoms with Crippen molar-refractivity contribution in [2.75, 3.05) is 13.1 Å². The molecule has 2 aliphatic carbocycles. The predicted molar refractivity (Wildman–Crippen MR) is 193 cm³/mol. The van der Waals surface area contributed by atoms with Gasteiger partial charge in [-0.15, -0.1) is 0 Å². The molecular weight excluding hydrogens is 694 g/mol. The van der Waals surface area contributed by atoms with Crippen molar-refractivity contribution in [2.45, 2.75) is 76.3 Å². The third kappa shape index (κ3) is 5.24. The zero-order chi connectivity index (χ0) is 34.3. The van der Waals surface area contributed by atoms with Gasteiger partial charge in [0.05, 0.1) is 46.4 Å². The van der Waals surface area contributed by atoms with Crippen LogP contribution >= 0.6 is 34.7 Å². The average Bonchev–Trinajstić information content (AvgIpc) is 3.62. The first-order valence-corrected chi connectivity index (χ1v) is 18.9. The van der Waals surface area contributed by atoms with Crippen LogP contribution in [-0.2, 0) is 22.6 Å². The number of likely N-dealkylation sites (tertiary alicyclic amines) is 1. The number of nitriles is 1. The summed E-state index contributed by atoms with van der Waals surface area (Å²) < 4.78 is 30.2. The smallest absolute Gasteiger partial charge is 0.226 e. The average molecular weight is 730 g/mol. The number of rotatable bonds is 9. The van der Waals surface area contributed by atoms with Gasteiger partial charge in [0.1, 0.15) is 5.52 Å². The number of fused-ring (bicyclic) bond motifs is 4. The molecule has 12 heteroatoms. The number of ether oxygens (including phenoxy) is 1. The minimum absolute atomic E-state index is 0.0643. The number of hydrogen-bond donors (Lipinski definition) is 1. The first kappa shape index (κ1) is 32.3. The summed E-state index contributed by atoms with van der Waals surface area (Å²) in [6.07, 6.45) is 5.86. The van der Waals surface area contributed by atoms with E-state index in [0.717, 1.165) is 53.7 Å². The maximum Gasteiger partial charge on any atom is 0.226 e. The van der Waals surface area contributed by atoms with Crippen LogP contribution in [0.3, 0.4) is 0 Å².